The smallest absolute Gasteiger partial charge is 1.00 e. The maximum absolute atomic E-state index is 10.1. The summed E-state index contributed by atoms with van der Waals surface area (Å²) in [4.78, 5) is 0. The van der Waals surface area contributed by atoms with E-state index in [0.29, 0.717) is 6.42 Å². The molecule has 0 radical (unpaired) electrons. The van der Waals surface area contributed by atoms with Crippen molar-refractivity contribution >= 4 is 10.4 Å². The van der Waals surface area contributed by atoms with Crippen LogP contribution in [-0.4, -0.2) is 19.6 Å². The molecule has 0 saturated heterocycles. The SMILES string of the molecule is CCCCCCCCOS(=O)(=O)O.N.[H-].[Na+]. The fourth-order valence-electron chi connectivity index (χ4n) is 1.05. The molecule has 0 fully saturated rings. The van der Waals surface area contributed by atoms with Gasteiger partial charge in [-0.3, -0.25) is 4.55 Å². The Balaban J connectivity index is -0.000000240. The van der Waals surface area contributed by atoms with E-state index in [-0.39, 0.29) is 43.7 Å². The molecule has 0 atom stereocenters. The zero-order valence-corrected chi connectivity index (χ0v) is 12.6. The third-order valence-corrected chi connectivity index (χ3v) is 2.19. The summed E-state index contributed by atoms with van der Waals surface area (Å²) in [6.45, 7) is 2.23. The van der Waals surface area contributed by atoms with Gasteiger partial charge in [0.1, 0.15) is 0 Å². The summed E-state index contributed by atoms with van der Waals surface area (Å²) in [6.07, 6.45) is 6.34. The molecular formula is C8H22NNaO4S. The summed E-state index contributed by atoms with van der Waals surface area (Å²) in [6, 6.07) is 0. The Labute approximate surface area is 116 Å². The Hall–Kier alpha value is 0.830. The van der Waals surface area contributed by atoms with Crippen molar-refractivity contribution in [2.24, 2.45) is 0 Å². The molecule has 0 spiro atoms. The molecule has 90 valence electrons. The van der Waals surface area contributed by atoms with Gasteiger partial charge in [0.25, 0.3) is 0 Å². The molecule has 4 N–H and O–H groups in total. The largest absolute Gasteiger partial charge is 1.00 e. The van der Waals surface area contributed by atoms with Crippen molar-refractivity contribution in [3.63, 3.8) is 0 Å². The topological polar surface area (TPSA) is 98.6 Å². The van der Waals surface area contributed by atoms with Crippen LogP contribution < -0.4 is 35.7 Å². The summed E-state index contributed by atoms with van der Waals surface area (Å²) in [7, 11) is -4.22. The Morgan fingerprint density at radius 2 is 1.60 bits per heavy atom. The number of unbranched alkanes of at least 4 members (excludes halogenated alkanes) is 5. The standard InChI is InChI=1S/C8H18O4S.H3N.Na.H/c1-2-3-4-5-6-7-8-12-13(9,10)11;;;/h2-8H2,1H3,(H,9,10,11);1H3;;/q;;+1;-1. The van der Waals surface area contributed by atoms with E-state index in [9.17, 15) is 8.42 Å². The first-order valence-corrected chi connectivity index (χ1v) is 6.04. The molecule has 0 aromatic carbocycles. The van der Waals surface area contributed by atoms with E-state index in [0.717, 1.165) is 12.8 Å². The van der Waals surface area contributed by atoms with Gasteiger partial charge in [-0.25, -0.2) is 4.18 Å². The van der Waals surface area contributed by atoms with Crippen LogP contribution in [0.15, 0.2) is 0 Å². The molecule has 0 bridgehead atoms. The minimum Gasteiger partial charge on any atom is -1.00 e. The summed E-state index contributed by atoms with van der Waals surface area (Å²) in [5, 5.41) is 0. The van der Waals surface area contributed by atoms with Crippen molar-refractivity contribution in [2.45, 2.75) is 45.4 Å². The third kappa shape index (κ3) is 20.8. The molecule has 0 aliphatic heterocycles. The van der Waals surface area contributed by atoms with Gasteiger partial charge in [0, 0.05) is 0 Å². The zero-order valence-electron chi connectivity index (χ0n) is 10.7. The minimum atomic E-state index is -4.22. The molecule has 0 rings (SSSR count). The molecule has 0 aromatic rings. The van der Waals surface area contributed by atoms with Crippen LogP contribution in [0.2, 0.25) is 0 Å². The molecule has 7 heteroatoms. The molecular weight excluding hydrogens is 229 g/mol. The first-order valence-electron chi connectivity index (χ1n) is 4.68. The Morgan fingerprint density at radius 3 is 2.07 bits per heavy atom. The van der Waals surface area contributed by atoms with Crippen LogP contribution in [-0.2, 0) is 14.6 Å². The maximum Gasteiger partial charge on any atom is 1.00 e. The second kappa shape index (κ2) is 12.9. The van der Waals surface area contributed by atoms with E-state index >= 15 is 0 Å². The molecule has 0 aromatic heterocycles. The van der Waals surface area contributed by atoms with Crippen LogP contribution in [0.25, 0.3) is 0 Å². The average Bonchev–Trinajstić information content (AvgIpc) is 2.01. The second-order valence-corrected chi connectivity index (χ2v) is 4.11. The van der Waals surface area contributed by atoms with E-state index in [2.05, 4.69) is 11.1 Å². The van der Waals surface area contributed by atoms with Gasteiger partial charge in [-0.1, -0.05) is 39.0 Å². The number of hydrogen-bond acceptors (Lipinski definition) is 4. The predicted octanol–water partition coefficient (Wildman–Crippen LogP) is -0.555. The van der Waals surface area contributed by atoms with Gasteiger partial charge in [-0.2, -0.15) is 8.42 Å². The van der Waals surface area contributed by atoms with Gasteiger partial charge in [-0.15, -0.1) is 0 Å². The Bertz CT molecular complexity index is 214. The molecule has 0 saturated carbocycles. The van der Waals surface area contributed by atoms with Crippen molar-refractivity contribution < 1.29 is 48.1 Å². The van der Waals surface area contributed by atoms with E-state index in [4.69, 9.17) is 4.55 Å². The van der Waals surface area contributed by atoms with Crippen LogP contribution in [0.3, 0.4) is 0 Å². The zero-order chi connectivity index (χ0) is 10.2. The van der Waals surface area contributed by atoms with Gasteiger partial charge < -0.3 is 7.58 Å². The first kappa shape index (κ1) is 21.1. The minimum absolute atomic E-state index is 0. The molecule has 0 amide bonds. The second-order valence-electron chi connectivity index (χ2n) is 3.02. The van der Waals surface area contributed by atoms with Gasteiger partial charge in [0.2, 0.25) is 0 Å². The normalized spacial score (nSPS) is 10.3. The average molecular weight is 251 g/mol. The molecule has 0 aliphatic carbocycles. The summed E-state index contributed by atoms with van der Waals surface area (Å²) in [5.41, 5.74) is 0. The van der Waals surface area contributed by atoms with Crippen molar-refractivity contribution in [1.82, 2.24) is 6.15 Å². The quantitative estimate of drug-likeness (QED) is 0.342. The van der Waals surface area contributed by atoms with E-state index in [1.165, 1.54) is 19.3 Å². The number of rotatable bonds is 8. The molecule has 0 unspecified atom stereocenters. The Kier molecular flexibility index (Phi) is 18.2. The predicted molar refractivity (Wildman–Crippen MR) is 57.0 cm³/mol. The van der Waals surface area contributed by atoms with E-state index in [1.807, 2.05) is 0 Å². The van der Waals surface area contributed by atoms with Crippen molar-refractivity contribution in [3.05, 3.63) is 0 Å². The van der Waals surface area contributed by atoms with Gasteiger partial charge in [0.15, 0.2) is 0 Å². The number of hydrogen-bond donors (Lipinski definition) is 2. The van der Waals surface area contributed by atoms with Crippen molar-refractivity contribution in [3.8, 4) is 0 Å². The summed E-state index contributed by atoms with van der Waals surface area (Å²) in [5.74, 6) is 0. The first-order chi connectivity index (χ1) is 6.06. The third-order valence-electron chi connectivity index (χ3n) is 1.73. The summed E-state index contributed by atoms with van der Waals surface area (Å²) >= 11 is 0. The maximum atomic E-state index is 10.1. The Morgan fingerprint density at radius 1 is 1.13 bits per heavy atom. The van der Waals surface area contributed by atoms with Gasteiger partial charge in [-0.05, 0) is 6.42 Å². The fourth-order valence-corrected chi connectivity index (χ4v) is 1.38. The van der Waals surface area contributed by atoms with Crippen LogP contribution in [0.4, 0.5) is 0 Å². The van der Waals surface area contributed by atoms with E-state index in [1.54, 1.807) is 0 Å². The van der Waals surface area contributed by atoms with Crippen LogP contribution >= 0.6 is 0 Å². The molecule has 0 aliphatic rings. The van der Waals surface area contributed by atoms with Gasteiger partial charge >= 0.3 is 40.0 Å². The monoisotopic (exact) mass is 251 g/mol. The fraction of sp³-hybridized carbons (Fsp3) is 1.00. The summed E-state index contributed by atoms with van der Waals surface area (Å²) < 4.78 is 32.6. The molecule has 0 heterocycles. The van der Waals surface area contributed by atoms with Crippen LogP contribution in [0, 0.1) is 0 Å². The van der Waals surface area contributed by atoms with E-state index < -0.39 is 10.4 Å². The van der Waals surface area contributed by atoms with Crippen LogP contribution in [0.5, 0.6) is 0 Å². The van der Waals surface area contributed by atoms with Crippen LogP contribution in [0.1, 0.15) is 46.9 Å². The van der Waals surface area contributed by atoms with Gasteiger partial charge in [0.05, 0.1) is 6.61 Å². The molecule has 15 heavy (non-hydrogen) atoms. The van der Waals surface area contributed by atoms with Crippen molar-refractivity contribution in [1.29, 1.82) is 0 Å². The molecule has 5 nitrogen and oxygen atoms in total. The van der Waals surface area contributed by atoms with Crippen molar-refractivity contribution in [2.75, 3.05) is 6.61 Å².